The number of dihydropyridines is 2. The quantitative estimate of drug-likeness (QED) is 0.00475. The maximum Gasteiger partial charge on any atom is 1.00 e. The standard InChI is InChI=1S/C28H24ClN3O3S2.C28H22ClN3O3S2.C18H18N2O3S.C10H7Cl2NS.C9H10O3.C6H8O2.C2H2N2S.B.Na.H/c2*29-19-8-4-18(5-9-19)27-31-20(15-36-27)16-37-28-22(14-30)25(26-23(32-28)2-1-3-24(26)34)17-6-10-21(11-7-17)35-13-12-33;19-10-13-16(11-4-6-12(7-5-11)23-9-8-21)17-14(20-18(13)24)2-1-3-15(17)22;11-5-9-6-14-10(13-9)7-1-3-8(12)4-2-7;10-5-6-12-9-3-1-8(7-11)2-4-9;7-5-2-1-3-6(8)4-5;3-1-2(4)5;;;/h4-11,15,25,32-33H,1-3,12-13,16H2;4-11,15,33H,1-3,12-13,16H2;4-7,16,20-21,24H,1-3,8-9H2;1-4,6H,5H2;1-4,7,10H,5-6H2;1-4H2;(H2,4,5);;;/q;;;;;;;;+1;-1. The smallest absolute Gasteiger partial charge is 1.00 e. The van der Waals surface area contributed by atoms with E-state index in [1.165, 1.54) is 29.6 Å². The van der Waals surface area contributed by atoms with Gasteiger partial charge in [0.05, 0.1) is 112 Å². The number of thiol groups is 1. The fourth-order valence-corrected chi connectivity index (χ4v) is 20.2. The van der Waals surface area contributed by atoms with Crippen molar-refractivity contribution in [2.45, 2.75) is 118 Å². The number of hydrogen-bond acceptors (Lipinski definition) is 31. The number of ether oxygens (including phenoxy) is 4. The van der Waals surface area contributed by atoms with Crippen LogP contribution in [0.5, 0.6) is 23.0 Å². The van der Waals surface area contributed by atoms with Gasteiger partial charge in [-0.15, -0.1) is 70.0 Å². The Morgan fingerprint density at radius 2 is 0.871 bits per heavy atom. The van der Waals surface area contributed by atoms with Crippen molar-refractivity contribution in [1.82, 2.24) is 30.6 Å². The van der Waals surface area contributed by atoms with Gasteiger partial charge in [-0.1, -0.05) is 119 Å². The van der Waals surface area contributed by atoms with Gasteiger partial charge in [-0.05, 0) is 171 Å². The molecule has 6 aliphatic rings. The molecular formula is C101H92BCl4N11NaO14S7. The molecule has 2 aliphatic heterocycles. The Hall–Kier alpha value is -10.7. The summed E-state index contributed by atoms with van der Waals surface area (Å²) in [5, 5.41) is 92.3. The fraction of sp³-hybridized carbons (Fsp3) is 0.257. The maximum atomic E-state index is 13.0. The van der Waals surface area contributed by atoms with E-state index in [4.69, 9.17) is 106 Å². The fourth-order valence-electron chi connectivity index (χ4n) is 14.8. The number of aromatic nitrogens is 4. The molecule has 0 amide bonds. The Kier molecular flexibility index (Phi) is 46.6. The second-order valence-corrected chi connectivity index (χ2v) is 37.4. The number of nitrogens with one attached hydrogen (secondary N) is 2. The molecule has 17 rings (SSSR count). The molecule has 3 radical (unpaired) electrons. The summed E-state index contributed by atoms with van der Waals surface area (Å²) in [7, 11) is 0. The minimum atomic E-state index is -0.427. The third-order valence-electron chi connectivity index (χ3n) is 21.0. The molecule has 4 aliphatic carbocycles. The van der Waals surface area contributed by atoms with E-state index in [-0.39, 0.29) is 133 Å². The predicted octanol–water partition coefficient (Wildman–Crippen LogP) is 17.5. The molecule has 38 heteroatoms. The molecule has 8 N–H and O–H groups in total. The topological polar surface area (TPSA) is 417 Å². The number of halogens is 4. The Labute approximate surface area is 881 Å². The van der Waals surface area contributed by atoms with Crippen molar-refractivity contribution in [2.24, 2.45) is 5.73 Å². The monoisotopic (exact) mass is 2080 g/mol. The number of nitriles is 4. The third-order valence-corrected chi connectivity index (χ3v) is 27.4. The summed E-state index contributed by atoms with van der Waals surface area (Å²) in [4.78, 5) is 88.2. The van der Waals surface area contributed by atoms with E-state index in [1.807, 2.05) is 137 Å². The van der Waals surface area contributed by atoms with E-state index in [0.717, 1.165) is 137 Å². The van der Waals surface area contributed by atoms with Crippen LogP contribution < -0.4 is 64.9 Å². The van der Waals surface area contributed by atoms with Crippen molar-refractivity contribution in [1.29, 1.82) is 21.0 Å². The second-order valence-electron chi connectivity index (χ2n) is 30.4. The van der Waals surface area contributed by atoms with Crippen LogP contribution >= 0.6 is 129 Å². The van der Waals surface area contributed by atoms with Crippen molar-refractivity contribution >= 4 is 177 Å². The molecule has 6 heterocycles. The number of ketones is 5. The number of pyridine rings is 1. The minimum absolute atomic E-state index is 0. The van der Waals surface area contributed by atoms with E-state index in [0.29, 0.717) is 144 Å². The maximum absolute atomic E-state index is 13.0. The van der Waals surface area contributed by atoms with Gasteiger partial charge in [-0.2, -0.15) is 21.0 Å². The first-order chi connectivity index (χ1) is 66.5. The van der Waals surface area contributed by atoms with Crippen LogP contribution in [0.25, 0.3) is 42.8 Å². The Morgan fingerprint density at radius 1 is 0.496 bits per heavy atom. The van der Waals surface area contributed by atoms with Gasteiger partial charge in [0.2, 0.25) is 0 Å². The van der Waals surface area contributed by atoms with Gasteiger partial charge in [0, 0.05) is 139 Å². The molecule has 4 aromatic heterocycles. The zero-order valence-corrected chi connectivity index (χ0v) is 85.9. The average Bonchev–Trinajstić information content (AvgIpc) is 0.897. The number of thiocarbonyl (C=S) groups is 1. The molecule has 709 valence electrons. The summed E-state index contributed by atoms with van der Waals surface area (Å²) in [6.07, 6.45) is 9.04. The molecular weight excluding hydrogens is 1990 g/mol. The molecule has 1 fully saturated rings. The van der Waals surface area contributed by atoms with E-state index < -0.39 is 11.8 Å². The second kappa shape index (κ2) is 57.9. The zero-order chi connectivity index (χ0) is 97.7. The number of thioether (sulfide) groups is 2. The molecule has 0 saturated heterocycles. The van der Waals surface area contributed by atoms with Gasteiger partial charge in [-0.25, -0.2) is 19.9 Å². The Bertz CT molecular complexity index is 6420. The van der Waals surface area contributed by atoms with Crippen LogP contribution in [0, 0.1) is 45.3 Å². The normalized spacial score (nSPS) is 14.8. The van der Waals surface area contributed by atoms with E-state index in [2.05, 4.69) is 64.4 Å². The van der Waals surface area contributed by atoms with Crippen LogP contribution in [0.1, 0.15) is 150 Å². The summed E-state index contributed by atoms with van der Waals surface area (Å²) in [5.74, 6) is 3.74. The summed E-state index contributed by atoms with van der Waals surface area (Å²) < 4.78 is 21.4. The number of aliphatic hydroxyl groups is 4. The van der Waals surface area contributed by atoms with E-state index >= 15 is 0 Å². The van der Waals surface area contributed by atoms with Gasteiger partial charge in [0.1, 0.15) is 99.5 Å². The summed E-state index contributed by atoms with van der Waals surface area (Å²) in [6.45, 7) is 0.714. The number of thiazole rings is 3. The van der Waals surface area contributed by atoms with Gasteiger partial charge in [-0.3, -0.25) is 28.8 Å². The average molecular weight is 2080 g/mol. The van der Waals surface area contributed by atoms with Crippen molar-refractivity contribution < 1.29 is 99.1 Å². The molecule has 2 atom stereocenters. The van der Waals surface area contributed by atoms with Gasteiger partial charge >= 0.3 is 29.6 Å². The Morgan fingerprint density at radius 3 is 1.26 bits per heavy atom. The minimum Gasteiger partial charge on any atom is -1.00 e. The van der Waals surface area contributed by atoms with Crippen LogP contribution in [-0.4, -0.2) is 142 Å². The van der Waals surface area contributed by atoms with Crippen LogP contribution in [0.4, 0.5) is 0 Å². The molecule has 0 bridgehead atoms. The number of aldehydes is 1. The number of aliphatic hydroxyl groups excluding tert-OH is 4. The first-order valence-corrected chi connectivity index (χ1v) is 50.1. The molecule has 11 aromatic rings. The van der Waals surface area contributed by atoms with Crippen LogP contribution in [-0.2, 0) is 43.0 Å². The predicted molar refractivity (Wildman–Crippen MR) is 550 cm³/mol. The number of rotatable bonds is 26. The number of hydrogen-bond donors (Lipinski definition) is 8. The first kappa shape index (κ1) is 112. The molecule has 7 aromatic carbocycles. The van der Waals surface area contributed by atoms with Crippen LogP contribution in [0.3, 0.4) is 0 Å². The summed E-state index contributed by atoms with van der Waals surface area (Å²) >= 11 is 39.7. The number of Topliss-reactive ketones (excluding diaryl/α,β-unsaturated/α-hetero) is 5. The van der Waals surface area contributed by atoms with Gasteiger partial charge in [0.25, 0.3) is 0 Å². The number of benzene rings is 7. The van der Waals surface area contributed by atoms with Crippen LogP contribution in [0.2, 0.25) is 15.1 Å². The van der Waals surface area contributed by atoms with E-state index in [1.54, 1.807) is 82.5 Å². The number of allylic oxidation sites excluding steroid dienone is 6. The summed E-state index contributed by atoms with van der Waals surface area (Å²) in [6, 6.07) is 60.0. The molecule has 2 unspecified atom stereocenters. The number of carbonyl (C=O) groups is 6. The molecule has 25 nitrogen and oxygen atoms in total. The number of nitrogens with zero attached hydrogens (tertiary/aromatic N) is 8. The number of fused-ring (bicyclic) bond motifs is 1. The van der Waals surface area contributed by atoms with E-state index in [9.17, 15) is 44.6 Å². The van der Waals surface area contributed by atoms with Crippen molar-refractivity contribution in [3.63, 3.8) is 0 Å². The largest absolute Gasteiger partial charge is 1.00 e. The number of alkyl halides is 1. The molecule has 139 heavy (non-hydrogen) atoms. The Balaban J connectivity index is 0.000000216. The summed E-state index contributed by atoms with van der Waals surface area (Å²) in [5.41, 5.74) is 20.1. The molecule has 0 spiro atoms. The molecule has 1 saturated carbocycles. The zero-order valence-electron chi connectivity index (χ0n) is 76.1. The van der Waals surface area contributed by atoms with Crippen molar-refractivity contribution in [3.05, 3.63) is 295 Å². The van der Waals surface area contributed by atoms with Crippen molar-refractivity contribution in [2.75, 3.05) is 52.9 Å². The van der Waals surface area contributed by atoms with Crippen molar-refractivity contribution in [3.8, 4) is 90.1 Å². The third kappa shape index (κ3) is 32.4. The number of aryl methyl sites for hydroxylation is 1. The number of carbonyl (C=O) groups excluding carboxylic acids is 6. The first-order valence-electron chi connectivity index (χ1n) is 43.0. The van der Waals surface area contributed by atoms with Crippen LogP contribution in [0.15, 0.2) is 235 Å². The van der Waals surface area contributed by atoms with Gasteiger partial charge < -0.3 is 57.2 Å². The SMILES string of the molecule is ClCc1csc(-c2ccc(Cl)cc2)n1.N#CC(N)=S.N#CC1=C(S)NC2=C(C(=O)CCC2)C1c1ccc(OCCO)cc1.N#CC1=C(SCc2csc(-c3ccc(Cl)cc3)n2)NC2=C(C(=O)CCC2)C1c1ccc(OCCO)cc1.N#Cc1c(SCc2csc(-c3ccc(Cl)cc3)n2)nc2c(c1-c1ccc(OCCO)cc1)C(=O)CCC2.O=C1CCCC(=O)C1.O=Cc1ccc(OCCO)cc1.[B].[H-].[Na+]. The van der Waals surface area contributed by atoms with Gasteiger partial charge in [0.15, 0.2) is 22.3 Å². The number of nitrogens with two attached hydrogens (primary N) is 1.